The van der Waals surface area contributed by atoms with Crippen molar-refractivity contribution in [2.75, 3.05) is 25.0 Å². The molecule has 0 saturated carbocycles. The first-order chi connectivity index (χ1) is 8.74. The van der Waals surface area contributed by atoms with Gasteiger partial charge in [0.15, 0.2) is 0 Å². The molecule has 1 atom stereocenters. The van der Waals surface area contributed by atoms with Crippen molar-refractivity contribution < 1.29 is 17.6 Å². The molecule has 0 aliphatic carbocycles. The van der Waals surface area contributed by atoms with Crippen LogP contribution in [-0.2, 0) is 0 Å². The molecule has 1 rings (SSSR count). The summed E-state index contributed by atoms with van der Waals surface area (Å²) in [7, 11) is 1.35. The molecular weight excluding hydrogens is 260 g/mol. The number of halogens is 4. The first-order valence-corrected chi connectivity index (χ1v) is 6.05. The van der Waals surface area contributed by atoms with Crippen LogP contribution in [0.4, 0.5) is 23.2 Å². The van der Waals surface area contributed by atoms with Gasteiger partial charge in [-0.2, -0.15) is 13.2 Å². The molecule has 0 amide bonds. The van der Waals surface area contributed by atoms with Crippen molar-refractivity contribution in [3.63, 3.8) is 0 Å². The first kappa shape index (κ1) is 15.8. The van der Waals surface area contributed by atoms with Crippen LogP contribution in [0.25, 0.3) is 0 Å². The Morgan fingerprint density at radius 1 is 1.32 bits per heavy atom. The van der Waals surface area contributed by atoms with Crippen LogP contribution in [0, 0.1) is 5.82 Å². The molecule has 0 aliphatic heterocycles. The van der Waals surface area contributed by atoms with E-state index in [-0.39, 0.29) is 6.04 Å². The zero-order valence-electron chi connectivity index (χ0n) is 11.2. The van der Waals surface area contributed by atoms with Crippen LogP contribution >= 0.6 is 0 Å². The third kappa shape index (κ3) is 4.70. The highest BCUT2D eigenvalue weighted by atomic mass is 19.4. The Labute approximate surface area is 110 Å². The number of hydrogen-bond donors (Lipinski definition) is 1. The molecule has 1 N–H and O–H groups in total. The zero-order valence-corrected chi connectivity index (χ0v) is 11.2. The lowest BCUT2D eigenvalue weighted by Crippen LogP contribution is -2.32. The molecule has 0 saturated heterocycles. The Morgan fingerprint density at radius 3 is 2.47 bits per heavy atom. The Bertz CT molecular complexity index is 418. The normalized spacial score (nSPS) is 13.4. The van der Waals surface area contributed by atoms with Gasteiger partial charge in [-0.05, 0) is 37.2 Å². The van der Waals surface area contributed by atoms with Gasteiger partial charge in [-0.25, -0.2) is 4.39 Å². The molecule has 0 bridgehead atoms. The molecule has 0 heterocycles. The highest BCUT2D eigenvalue weighted by Gasteiger charge is 2.30. The fourth-order valence-electron chi connectivity index (χ4n) is 1.99. The maximum absolute atomic E-state index is 13.3. The van der Waals surface area contributed by atoms with Gasteiger partial charge in [0.2, 0.25) is 0 Å². The molecule has 19 heavy (non-hydrogen) atoms. The van der Waals surface area contributed by atoms with E-state index in [1.54, 1.807) is 6.92 Å². The quantitative estimate of drug-likeness (QED) is 0.829. The van der Waals surface area contributed by atoms with Crippen LogP contribution in [0.15, 0.2) is 18.2 Å². The van der Waals surface area contributed by atoms with Crippen molar-refractivity contribution in [1.29, 1.82) is 0 Å². The number of rotatable bonds is 5. The van der Waals surface area contributed by atoms with Gasteiger partial charge in [0.05, 0.1) is 0 Å². The van der Waals surface area contributed by atoms with Crippen molar-refractivity contribution in [2.45, 2.75) is 26.1 Å². The first-order valence-electron chi connectivity index (χ1n) is 6.05. The van der Waals surface area contributed by atoms with Gasteiger partial charge in [0, 0.05) is 18.8 Å². The fraction of sp³-hybridized carbons (Fsp3) is 0.538. The summed E-state index contributed by atoms with van der Waals surface area (Å²) in [5, 5.41) is 3.07. The van der Waals surface area contributed by atoms with E-state index < -0.39 is 18.5 Å². The van der Waals surface area contributed by atoms with Crippen LogP contribution in [0.1, 0.15) is 25.5 Å². The second kappa shape index (κ2) is 6.23. The lowest BCUT2D eigenvalue weighted by Gasteiger charge is -2.26. The summed E-state index contributed by atoms with van der Waals surface area (Å²) >= 11 is 0. The summed E-state index contributed by atoms with van der Waals surface area (Å²) in [6.07, 6.45) is -4.29. The van der Waals surface area contributed by atoms with Crippen LogP contribution in [0.3, 0.4) is 0 Å². The Hall–Kier alpha value is -1.30. The molecule has 0 aromatic heterocycles. The molecule has 6 heteroatoms. The summed E-state index contributed by atoms with van der Waals surface area (Å²) in [4.78, 5) is 1.09. The van der Waals surface area contributed by atoms with Gasteiger partial charge in [0.1, 0.15) is 12.4 Å². The van der Waals surface area contributed by atoms with Gasteiger partial charge in [0.25, 0.3) is 0 Å². The highest BCUT2D eigenvalue weighted by molar-refractivity contribution is 5.54. The van der Waals surface area contributed by atoms with E-state index in [9.17, 15) is 17.6 Å². The summed E-state index contributed by atoms with van der Waals surface area (Å²) in [6, 6.07) is 3.61. The van der Waals surface area contributed by atoms with Gasteiger partial charge >= 0.3 is 6.18 Å². The minimum atomic E-state index is -4.29. The lowest BCUT2D eigenvalue weighted by atomic mass is 10.0. The SMILES string of the molecule is CCNC(C)c1cc(F)ccc1N(C)CC(F)(F)F. The maximum Gasteiger partial charge on any atom is 0.405 e. The Balaban J connectivity index is 3.05. The Kier molecular flexibility index (Phi) is 5.17. The van der Waals surface area contributed by atoms with Crippen molar-refractivity contribution >= 4 is 5.69 Å². The van der Waals surface area contributed by atoms with E-state index in [0.29, 0.717) is 17.8 Å². The zero-order chi connectivity index (χ0) is 14.6. The predicted octanol–water partition coefficient (Wildman–Crippen LogP) is 3.49. The highest BCUT2D eigenvalue weighted by Crippen LogP contribution is 2.29. The molecular formula is C13H18F4N2. The fourth-order valence-corrected chi connectivity index (χ4v) is 1.99. The molecule has 0 spiro atoms. The lowest BCUT2D eigenvalue weighted by molar-refractivity contribution is -0.119. The number of nitrogens with zero attached hydrogens (tertiary/aromatic N) is 1. The predicted molar refractivity (Wildman–Crippen MR) is 67.8 cm³/mol. The van der Waals surface area contributed by atoms with Gasteiger partial charge in [-0.1, -0.05) is 6.92 Å². The smallest absolute Gasteiger partial charge is 0.365 e. The molecule has 0 radical (unpaired) electrons. The maximum atomic E-state index is 13.3. The van der Waals surface area contributed by atoms with E-state index in [1.165, 1.54) is 25.2 Å². The van der Waals surface area contributed by atoms with Crippen LogP contribution in [-0.4, -0.2) is 26.3 Å². The van der Waals surface area contributed by atoms with E-state index in [1.807, 2.05) is 6.92 Å². The number of alkyl halides is 3. The molecule has 1 unspecified atom stereocenters. The molecule has 1 aromatic rings. The second-order valence-corrected chi connectivity index (χ2v) is 4.45. The van der Waals surface area contributed by atoms with Crippen molar-refractivity contribution in [3.05, 3.63) is 29.6 Å². The van der Waals surface area contributed by atoms with Crippen molar-refractivity contribution in [1.82, 2.24) is 5.32 Å². The van der Waals surface area contributed by atoms with Crippen LogP contribution in [0.5, 0.6) is 0 Å². The van der Waals surface area contributed by atoms with E-state index in [2.05, 4.69) is 5.32 Å². The van der Waals surface area contributed by atoms with Crippen LogP contribution < -0.4 is 10.2 Å². The van der Waals surface area contributed by atoms with Gasteiger partial charge in [-0.15, -0.1) is 0 Å². The minimum Gasteiger partial charge on any atom is -0.365 e. The average molecular weight is 278 g/mol. The molecule has 2 nitrogen and oxygen atoms in total. The monoisotopic (exact) mass is 278 g/mol. The number of benzene rings is 1. The second-order valence-electron chi connectivity index (χ2n) is 4.45. The molecule has 0 fully saturated rings. The average Bonchev–Trinajstić information content (AvgIpc) is 2.26. The summed E-state index contributed by atoms with van der Waals surface area (Å²) in [5.41, 5.74) is 0.903. The van der Waals surface area contributed by atoms with Crippen molar-refractivity contribution in [3.8, 4) is 0 Å². The van der Waals surface area contributed by atoms with Gasteiger partial charge in [-0.3, -0.25) is 0 Å². The number of anilines is 1. The molecule has 0 aliphatic rings. The summed E-state index contributed by atoms with van der Waals surface area (Å²) in [6.45, 7) is 3.27. The Morgan fingerprint density at radius 2 is 1.95 bits per heavy atom. The third-order valence-corrected chi connectivity index (χ3v) is 2.79. The van der Waals surface area contributed by atoms with Crippen molar-refractivity contribution in [2.24, 2.45) is 0 Å². The van der Waals surface area contributed by atoms with E-state index in [4.69, 9.17) is 0 Å². The molecule has 1 aromatic carbocycles. The number of nitrogens with one attached hydrogen (secondary N) is 1. The van der Waals surface area contributed by atoms with Crippen LogP contribution in [0.2, 0.25) is 0 Å². The summed E-state index contributed by atoms with van der Waals surface area (Å²) < 4.78 is 50.5. The standard InChI is InChI=1S/C13H18F4N2/c1-4-18-9(2)11-7-10(14)5-6-12(11)19(3)8-13(15,16)17/h5-7,9,18H,4,8H2,1-3H3. The summed E-state index contributed by atoms with van der Waals surface area (Å²) in [5.74, 6) is -0.455. The third-order valence-electron chi connectivity index (χ3n) is 2.79. The topological polar surface area (TPSA) is 15.3 Å². The van der Waals surface area contributed by atoms with E-state index in [0.717, 1.165) is 4.90 Å². The van der Waals surface area contributed by atoms with Gasteiger partial charge < -0.3 is 10.2 Å². The molecule has 108 valence electrons. The largest absolute Gasteiger partial charge is 0.405 e. The number of hydrogen-bond acceptors (Lipinski definition) is 2. The van der Waals surface area contributed by atoms with E-state index >= 15 is 0 Å². The minimum absolute atomic E-state index is 0.216.